The van der Waals surface area contributed by atoms with E-state index in [2.05, 4.69) is 5.32 Å². The fourth-order valence-electron chi connectivity index (χ4n) is 2.28. The third-order valence-corrected chi connectivity index (χ3v) is 3.53. The molecule has 1 aromatic rings. The average Bonchev–Trinajstić information content (AvgIpc) is 2.47. The number of benzene rings is 1. The lowest BCUT2D eigenvalue weighted by atomic mass is 9.93. The molecule has 1 N–H and O–H groups in total. The van der Waals surface area contributed by atoms with E-state index in [1.165, 1.54) is 0 Å². The maximum absolute atomic E-state index is 11.7. The third-order valence-electron chi connectivity index (χ3n) is 3.53. The summed E-state index contributed by atoms with van der Waals surface area (Å²) in [6, 6.07) is 9.82. The number of hydrogen-bond donors (Lipinski definition) is 1. The molecule has 1 saturated heterocycles. The van der Waals surface area contributed by atoms with Gasteiger partial charge in [-0.15, -0.1) is 0 Å². The van der Waals surface area contributed by atoms with E-state index in [1.54, 1.807) is 0 Å². The Morgan fingerprint density at radius 2 is 2.05 bits per heavy atom. The molecule has 1 heterocycles. The van der Waals surface area contributed by atoms with Gasteiger partial charge in [0.05, 0.1) is 0 Å². The Bertz CT molecular complexity index is 388. The van der Waals surface area contributed by atoms with E-state index in [9.17, 15) is 4.79 Å². The van der Waals surface area contributed by atoms with Crippen molar-refractivity contribution in [3.8, 4) is 0 Å². The molecular formula is C15H21NO3. The summed E-state index contributed by atoms with van der Waals surface area (Å²) in [5.41, 5.74) is 0.997. The van der Waals surface area contributed by atoms with Crippen LogP contribution in [0, 0.1) is 5.92 Å². The van der Waals surface area contributed by atoms with E-state index >= 15 is 0 Å². The summed E-state index contributed by atoms with van der Waals surface area (Å²) in [5.74, 6) is 0.484. The molecule has 104 valence electrons. The number of rotatable bonds is 4. The lowest BCUT2D eigenvalue weighted by molar-refractivity contribution is 0.0540. The fraction of sp³-hybridized carbons (Fsp3) is 0.533. The number of hydrogen-bond acceptors (Lipinski definition) is 3. The number of amides is 1. The zero-order chi connectivity index (χ0) is 13.5. The van der Waals surface area contributed by atoms with Crippen LogP contribution in [0.15, 0.2) is 30.3 Å². The molecule has 0 radical (unpaired) electrons. The molecule has 4 heteroatoms. The van der Waals surface area contributed by atoms with Gasteiger partial charge in [0.1, 0.15) is 6.61 Å². The molecule has 1 amide bonds. The molecule has 1 aliphatic heterocycles. The van der Waals surface area contributed by atoms with E-state index in [-0.39, 0.29) is 12.1 Å². The second-order valence-electron chi connectivity index (χ2n) is 4.94. The first kappa shape index (κ1) is 13.9. The Labute approximate surface area is 114 Å². The minimum Gasteiger partial charge on any atom is -0.445 e. The number of carbonyl (C=O) groups excluding carboxylic acids is 1. The molecule has 1 aliphatic rings. The van der Waals surface area contributed by atoms with Crippen LogP contribution in [0.2, 0.25) is 0 Å². The molecule has 1 fully saturated rings. The van der Waals surface area contributed by atoms with Gasteiger partial charge < -0.3 is 14.8 Å². The van der Waals surface area contributed by atoms with Gasteiger partial charge in [-0.05, 0) is 31.2 Å². The number of ether oxygens (including phenoxy) is 2. The first-order valence-electron chi connectivity index (χ1n) is 6.80. The smallest absolute Gasteiger partial charge is 0.407 e. The normalized spacial score (nSPS) is 17.7. The summed E-state index contributed by atoms with van der Waals surface area (Å²) in [6.07, 6.45) is 1.66. The van der Waals surface area contributed by atoms with Crippen molar-refractivity contribution in [2.45, 2.75) is 32.4 Å². The molecule has 0 bridgehead atoms. The van der Waals surface area contributed by atoms with Crippen molar-refractivity contribution in [1.82, 2.24) is 5.32 Å². The molecule has 1 aromatic carbocycles. The zero-order valence-electron chi connectivity index (χ0n) is 11.3. The Morgan fingerprint density at radius 3 is 2.74 bits per heavy atom. The molecule has 0 unspecified atom stereocenters. The van der Waals surface area contributed by atoms with Gasteiger partial charge in [-0.25, -0.2) is 4.79 Å². The van der Waals surface area contributed by atoms with Crippen LogP contribution in [0.1, 0.15) is 25.3 Å². The van der Waals surface area contributed by atoms with Gasteiger partial charge in [-0.2, -0.15) is 0 Å². The summed E-state index contributed by atoms with van der Waals surface area (Å²) in [7, 11) is 0. The fourth-order valence-corrected chi connectivity index (χ4v) is 2.28. The summed E-state index contributed by atoms with van der Waals surface area (Å²) in [6.45, 7) is 3.92. The van der Waals surface area contributed by atoms with Crippen molar-refractivity contribution in [2.24, 2.45) is 5.92 Å². The lowest BCUT2D eigenvalue weighted by Crippen LogP contribution is -2.40. The molecule has 0 spiro atoms. The predicted molar refractivity (Wildman–Crippen MR) is 72.8 cm³/mol. The van der Waals surface area contributed by atoms with Gasteiger partial charge in [0.2, 0.25) is 0 Å². The molecular weight excluding hydrogens is 242 g/mol. The van der Waals surface area contributed by atoms with Crippen LogP contribution in [0.5, 0.6) is 0 Å². The Kier molecular flexibility index (Phi) is 5.21. The first-order chi connectivity index (χ1) is 9.25. The van der Waals surface area contributed by atoms with Crippen LogP contribution in [0.25, 0.3) is 0 Å². The number of alkyl carbamates (subject to hydrolysis) is 1. The molecule has 4 nitrogen and oxygen atoms in total. The third kappa shape index (κ3) is 4.56. The highest BCUT2D eigenvalue weighted by Gasteiger charge is 2.22. The van der Waals surface area contributed by atoms with Crippen LogP contribution in [0.4, 0.5) is 4.79 Å². The van der Waals surface area contributed by atoms with Crippen LogP contribution in [-0.2, 0) is 16.1 Å². The van der Waals surface area contributed by atoms with Crippen molar-refractivity contribution >= 4 is 6.09 Å². The van der Waals surface area contributed by atoms with E-state index < -0.39 is 0 Å². The highest BCUT2D eigenvalue weighted by atomic mass is 16.5. The van der Waals surface area contributed by atoms with Gasteiger partial charge in [0.15, 0.2) is 0 Å². The maximum Gasteiger partial charge on any atom is 0.407 e. The van der Waals surface area contributed by atoms with Crippen molar-refractivity contribution in [3.05, 3.63) is 35.9 Å². The van der Waals surface area contributed by atoms with Crippen molar-refractivity contribution < 1.29 is 14.3 Å². The first-order valence-corrected chi connectivity index (χ1v) is 6.80. The Morgan fingerprint density at radius 1 is 1.37 bits per heavy atom. The second-order valence-corrected chi connectivity index (χ2v) is 4.94. The van der Waals surface area contributed by atoms with Crippen LogP contribution in [0.3, 0.4) is 0 Å². The maximum atomic E-state index is 11.7. The van der Waals surface area contributed by atoms with Crippen LogP contribution >= 0.6 is 0 Å². The molecule has 1 atom stereocenters. The van der Waals surface area contributed by atoms with Gasteiger partial charge in [-0.3, -0.25) is 0 Å². The van der Waals surface area contributed by atoms with Gasteiger partial charge in [0.25, 0.3) is 0 Å². The molecule has 0 saturated carbocycles. The SMILES string of the molecule is C[C@@H](NC(=O)OCc1ccccc1)C1CCOCC1. The Balaban J connectivity index is 1.71. The average molecular weight is 263 g/mol. The summed E-state index contributed by atoms with van der Waals surface area (Å²) < 4.78 is 10.5. The molecule has 0 aliphatic carbocycles. The molecule has 2 rings (SSSR count). The minimum atomic E-state index is -0.345. The molecule has 0 aromatic heterocycles. The summed E-state index contributed by atoms with van der Waals surface area (Å²) >= 11 is 0. The largest absolute Gasteiger partial charge is 0.445 e. The van der Waals surface area contributed by atoms with E-state index in [1.807, 2.05) is 37.3 Å². The van der Waals surface area contributed by atoms with E-state index in [4.69, 9.17) is 9.47 Å². The number of nitrogens with one attached hydrogen (secondary N) is 1. The zero-order valence-corrected chi connectivity index (χ0v) is 11.3. The van der Waals surface area contributed by atoms with Gasteiger partial charge >= 0.3 is 6.09 Å². The van der Waals surface area contributed by atoms with Crippen LogP contribution in [-0.4, -0.2) is 25.3 Å². The predicted octanol–water partition coefficient (Wildman–Crippen LogP) is 2.73. The quantitative estimate of drug-likeness (QED) is 0.908. The topological polar surface area (TPSA) is 47.6 Å². The highest BCUT2D eigenvalue weighted by Crippen LogP contribution is 2.18. The molecule has 19 heavy (non-hydrogen) atoms. The van der Waals surface area contributed by atoms with Gasteiger partial charge in [-0.1, -0.05) is 30.3 Å². The highest BCUT2D eigenvalue weighted by molar-refractivity contribution is 5.67. The van der Waals surface area contributed by atoms with Crippen molar-refractivity contribution in [2.75, 3.05) is 13.2 Å². The standard InChI is InChI=1S/C15H21NO3/c1-12(14-7-9-18-10-8-14)16-15(17)19-11-13-5-3-2-4-6-13/h2-6,12,14H,7-11H2,1H3,(H,16,17)/t12-/m1/s1. The Hall–Kier alpha value is -1.55. The summed E-state index contributed by atoms with van der Waals surface area (Å²) in [4.78, 5) is 11.7. The second kappa shape index (κ2) is 7.14. The number of carbonyl (C=O) groups is 1. The van der Waals surface area contributed by atoms with Crippen molar-refractivity contribution in [1.29, 1.82) is 0 Å². The van der Waals surface area contributed by atoms with Gasteiger partial charge in [0, 0.05) is 19.3 Å². The minimum absolute atomic E-state index is 0.132. The summed E-state index contributed by atoms with van der Waals surface area (Å²) in [5, 5.41) is 2.90. The van der Waals surface area contributed by atoms with Crippen molar-refractivity contribution in [3.63, 3.8) is 0 Å². The van der Waals surface area contributed by atoms with E-state index in [0.717, 1.165) is 31.6 Å². The lowest BCUT2D eigenvalue weighted by Gasteiger charge is -2.28. The van der Waals surface area contributed by atoms with E-state index in [0.29, 0.717) is 12.5 Å². The monoisotopic (exact) mass is 263 g/mol. The van der Waals surface area contributed by atoms with Crippen LogP contribution < -0.4 is 5.32 Å².